The molecule has 8 N–H and O–H groups in total. The predicted octanol–water partition coefficient (Wildman–Crippen LogP) is -2.39. The molecular weight excluding hydrogens is 491 g/mol. The second kappa shape index (κ2) is 14.4. The van der Waals surface area contributed by atoms with Gasteiger partial charge in [0.05, 0.1) is 12.7 Å². The van der Waals surface area contributed by atoms with Crippen LogP contribution in [0.5, 0.6) is 0 Å². The summed E-state index contributed by atoms with van der Waals surface area (Å²) < 4.78 is 27.5. The molecule has 35 heavy (non-hydrogen) atoms. The lowest BCUT2D eigenvalue weighted by molar-refractivity contribution is -0.363. The van der Waals surface area contributed by atoms with E-state index < -0.39 is 75.5 Å². The first-order chi connectivity index (χ1) is 16.5. The van der Waals surface area contributed by atoms with Crippen LogP contribution in [0.15, 0.2) is 0 Å². The minimum atomic E-state index is -4.17. The van der Waals surface area contributed by atoms with Crippen LogP contribution in [0.25, 0.3) is 0 Å². The van der Waals surface area contributed by atoms with Gasteiger partial charge in [0.25, 0.3) is 0 Å². The smallest absolute Gasteiger partial charge is 0.388 e. The second-order valence-corrected chi connectivity index (χ2v) is 10.5. The van der Waals surface area contributed by atoms with Crippen LogP contribution in [-0.4, -0.2) is 128 Å². The Morgan fingerprint density at radius 2 is 1.49 bits per heavy atom. The molecule has 2 aliphatic rings. The zero-order chi connectivity index (χ0) is 26.2. The molecule has 0 bridgehead atoms. The van der Waals surface area contributed by atoms with Crippen molar-refractivity contribution in [2.75, 3.05) is 26.5 Å². The normalized spacial score (nSPS) is 38.3. The van der Waals surface area contributed by atoms with Gasteiger partial charge in [-0.05, 0) is 12.8 Å². The first-order valence-corrected chi connectivity index (χ1v) is 13.3. The first kappa shape index (κ1) is 30.7. The summed E-state index contributed by atoms with van der Waals surface area (Å²) in [7, 11) is -2.89. The number of terminal acetylenes is 1. The zero-order valence-electron chi connectivity index (χ0n) is 19.6. The highest BCUT2D eigenvalue weighted by Crippen LogP contribution is 2.46. The van der Waals surface area contributed by atoms with Crippen molar-refractivity contribution in [3.8, 4) is 12.3 Å². The maximum atomic E-state index is 10.7. The van der Waals surface area contributed by atoms with Crippen molar-refractivity contribution >= 4 is 7.94 Å². The van der Waals surface area contributed by atoms with Crippen molar-refractivity contribution in [1.29, 1.82) is 0 Å². The van der Waals surface area contributed by atoms with Crippen LogP contribution >= 0.6 is 7.94 Å². The maximum Gasteiger partial charge on any atom is 0.403 e. The van der Waals surface area contributed by atoms with Crippen LogP contribution in [0.1, 0.15) is 32.1 Å². The van der Waals surface area contributed by atoms with Gasteiger partial charge >= 0.3 is 7.94 Å². The van der Waals surface area contributed by atoms with Crippen molar-refractivity contribution < 1.29 is 63.9 Å². The highest BCUT2D eigenvalue weighted by Gasteiger charge is 2.51. The van der Waals surface area contributed by atoms with Gasteiger partial charge in [-0.2, -0.15) is 14.7 Å². The standard InChI is InChI=1S/C21H38O13P/c1-3-4-5-6-7-9-31-11-13-15(23)17(25)19(21(30-2)33-13)34-20-18(26)16(24)14(22)12(32-20)8-10-35(27,28)29/h1,12-29H,4-11H2,2H3/q+1/t12-,13?,14-,15-,16?,17?,18?,19?,20-,21+/m1/s1. The van der Waals surface area contributed by atoms with Gasteiger partial charge in [-0.15, -0.1) is 12.3 Å². The Morgan fingerprint density at radius 1 is 0.829 bits per heavy atom. The molecule has 0 aromatic rings. The third-order valence-corrected chi connectivity index (χ3v) is 6.80. The molecule has 13 nitrogen and oxygen atoms in total. The molecule has 0 saturated carbocycles. The van der Waals surface area contributed by atoms with Gasteiger partial charge in [0.15, 0.2) is 12.6 Å². The number of hydrogen-bond donors (Lipinski definition) is 8. The number of ether oxygens (including phenoxy) is 5. The number of unbranched alkanes of at least 4 members (excludes halogenated alkanes) is 3. The summed E-state index contributed by atoms with van der Waals surface area (Å²) >= 11 is 0. The Hall–Kier alpha value is -0.530. The van der Waals surface area contributed by atoms with E-state index in [1.54, 1.807) is 0 Å². The molecule has 14 heteroatoms. The quantitative estimate of drug-likeness (QED) is 0.0713. The molecule has 2 rings (SSSR count). The molecule has 2 heterocycles. The van der Waals surface area contributed by atoms with Crippen LogP contribution < -0.4 is 0 Å². The highest BCUT2D eigenvalue weighted by molar-refractivity contribution is 7.58. The van der Waals surface area contributed by atoms with E-state index in [-0.39, 0.29) is 13.0 Å². The molecule has 0 aliphatic carbocycles. The topological polar surface area (TPSA) is 208 Å². The predicted molar refractivity (Wildman–Crippen MR) is 120 cm³/mol. The van der Waals surface area contributed by atoms with E-state index in [1.165, 1.54) is 7.11 Å². The van der Waals surface area contributed by atoms with Crippen molar-refractivity contribution in [3.05, 3.63) is 0 Å². The Balaban J connectivity index is 1.95. The van der Waals surface area contributed by atoms with E-state index >= 15 is 0 Å². The molecule has 2 saturated heterocycles. The molecule has 0 amide bonds. The van der Waals surface area contributed by atoms with E-state index in [0.717, 1.165) is 19.3 Å². The Labute approximate surface area is 204 Å². The summed E-state index contributed by atoms with van der Waals surface area (Å²) in [5.74, 6) is 2.56. The number of aliphatic hydroxyl groups is 5. The van der Waals surface area contributed by atoms with Gasteiger partial charge in [-0.1, -0.05) is 6.42 Å². The van der Waals surface area contributed by atoms with E-state index in [2.05, 4.69) is 5.92 Å². The Kier molecular flexibility index (Phi) is 12.6. The molecule has 0 aromatic carbocycles. The van der Waals surface area contributed by atoms with Gasteiger partial charge in [0.1, 0.15) is 48.9 Å². The lowest BCUT2D eigenvalue weighted by Crippen LogP contribution is -2.64. The number of hydrogen-bond acceptors (Lipinski definition) is 13. The summed E-state index contributed by atoms with van der Waals surface area (Å²) in [5, 5.41) is 51.8. The van der Waals surface area contributed by atoms with Crippen molar-refractivity contribution in [1.82, 2.24) is 0 Å². The zero-order valence-corrected chi connectivity index (χ0v) is 20.5. The van der Waals surface area contributed by atoms with E-state index in [9.17, 15) is 40.2 Å². The van der Waals surface area contributed by atoms with Crippen LogP contribution in [0.2, 0.25) is 0 Å². The maximum absolute atomic E-state index is 10.7. The first-order valence-electron chi connectivity index (χ1n) is 11.5. The SMILES string of the molecule is C#CCCCCCOCC1O[C@H](OC)C(O[C@H]2O[C@H](CC[P+](O)(O)O)[C@@H](O)C(O)C2O)C(O)[C@@H]1O. The molecule has 10 atom stereocenters. The van der Waals surface area contributed by atoms with Crippen LogP contribution in [0.3, 0.4) is 0 Å². The molecule has 2 fully saturated rings. The number of rotatable bonds is 13. The lowest BCUT2D eigenvalue weighted by Gasteiger charge is -2.46. The average molecular weight is 529 g/mol. The van der Waals surface area contributed by atoms with Gasteiger partial charge < -0.3 is 49.2 Å². The second-order valence-electron chi connectivity index (χ2n) is 8.67. The molecule has 5 unspecified atom stereocenters. The van der Waals surface area contributed by atoms with Crippen molar-refractivity contribution in [2.24, 2.45) is 0 Å². The van der Waals surface area contributed by atoms with Gasteiger partial charge in [-0.25, -0.2) is 0 Å². The summed E-state index contributed by atoms with van der Waals surface area (Å²) in [5.41, 5.74) is 0. The highest BCUT2D eigenvalue weighted by atomic mass is 31.2. The molecule has 0 radical (unpaired) electrons. The van der Waals surface area contributed by atoms with E-state index in [0.29, 0.717) is 13.0 Å². The summed E-state index contributed by atoms with van der Waals surface area (Å²) in [6, 6.07) is 0. The van der Waals surface area contributed by atoms with Crippen LogP contribution in [-0.2, 0) is 23.7 Å². The number of aliphatic hydroxyl groups excluding tert-OH is 5. The fourth-order valence-corrected chi connectivity index (χ4v) is 4.51. The third-order valence-electron chi connectivity index (χ3n) is 5.94. The van der Waals surface area contributed by atoms with Gasteiger partial charge in [0, 0.05) is 26.6 Å². The third kappa shape index (κ3) is 9.07. The summed E-state index contributed by atoms with van der Waals surface area (Å²) in [6.45, 7) is 0.386. The van der Waals surface area contributed by atoms with Crippen LogP contribution in [0.4, 0.5) is 0 Å². The Bertz CT molecular complexity index is 654. The monoisotopic (exact) mass is 529 g/mol. The van der Waals surface area contributed by atoms with Gasteiger partial charge in [-0.3, -0.25) is 0 Å². The van der Waals surface area contributed by atoms with Crippen molar-refractivity contribution in [2.45, 2.75) is 93.5 Å². The summed E-state index contributed by atoms with van der Waals surface area (Å²) in [4.78, 5) is 27.6. The van der Waals surface area contributed by atoms with E-state index in [4.69, 9.17) is 30.1 Å². The summed E-state index contributed by atoms with van der Waals surface area (Å²) in [6.07, 6.45) is -6.81. The minimum Gasteiger partial charge on any atom is -0.388 e. The van der Waals surface area contributed by atoms with Crippen LogP contribution in [0, 0.1) is 12.3 Å². The molecule has 204 valence electrons. The Morgan fingerprint density at radius 3 is 2.11 bits per heavy atom. The lowest BCUT2D eigenvalue weighted by atomic mass is 9.96. The molecule has 2 aliphatic heterocycles. The van der Waals surface area contributed by atoms with Crippen molar-refractivity contribution in [3.63, 3.8) is 0 Å². The fourth-order valence-electron chi connectivity index (χ4n) is 3.91. The fraction of sp³-hybridized carbons (Fsp3) is 0.905. The largest absolute Gasteiger partial charge is 0.403 e. The molecule has 0 spiro atoms. The number of methoxy groups -OCH3 is 1. The molecule has 0 aromatic heterocycles. The van der Waals surface area contributed by atoms with E-state index in [1.807, 2.05) is 0 Å². The minimum absolute atomic E-state index is 0.0240. The molecular formula is C21H38O13P+. The van der Waals surface area contributed by atoms with Gasteiger partial charge in [0.2, 0.25) is 0 Å². The average Bonchev–Trinajstić information content (AvgIpc) is 2.81.